The van der Waals surface area contributed by atoms with Gasteiger partial charge in [0.25, 0.3) is 5.91 Å². The molecule has 10 heteroatoms. The zero-order chi connectivity index (χ0) is 28.3. The summed E-state index contributed by atoms with van der Waals surface area (Å²) in [5.41, 5.74) is 3.26. The van der Waals surface area contributed by atoms with Crippen LogP contribution >= 0.6 is 11.6 Å². The Morgan fingerprint density at radius 2 is 1.85 bits per heavy atom. The van der Waals surface area contributed by atoms with Crippen molar-refractivity contribution in [3.63, 3.8) is 0 Å². The van der Waals surface area contributed by atoms with Crippen molar-refractivity contribution in [1.29, 1.82) is 0 Å². The number of amides is 1. The summed E-state index contributed by atoms with van der Waals surface area (Å²) in [7, 11) is 3.17. The van der Waals surface area contributed by atoms with E-state index in [0.29, 0.717) is 58.7 Å². The summed E-state index contributed by atoms with van der Waals surface area (Å²) in [6.07, 6.45) is 2.43. The van der Waals surface area contributed by atoms with Crippen LogP contribution in [0.3, 0.4) is 0 Å². The fraction of sp³-hybridized carbons (Fsp3) is 0.345. The summed E-state index contributed by atoms with van der Waals surface area (Å²) in [6.45, 7) is 8.02. The Kier molecular flexibility index (Phi) is 8.30. The number of fused-ring (bicyclic) bond motifs is 1. The van der Waals surface area contributed by atoms with Crippen LogP contribution in [0.2, 0.25) is 5.02 Å². The van der Waals surface area contributed by atoms with E-state index in [9.17, 15) is 9.18 Å². The Labute approximate surface area is 232 Å². The Bertz CT molecular complexity index is 1510. The van der Waals surface area contributed by atoms with Crippen molar-refractivity contribution in [2.24, 2.45) is 0 Å². The fourth-order valence-corrected chi connectivity index (χ4v) is 4.41. The van der Waals surface area contributed by atoms with Gasteiger partial charge in [-0.25, -0.2) is 9.37 Å². The average molecular weight is 555 g/mol. The van der Waals surface area contributed by atoms with E-state index in [-0.39, 0.29) is 5.91 Å². The van der Waals surface area contributed by atoms with Gasteiger partial charge in [0.05, 0.1) is 20.4 Å². The molecule has 0 spiro atoms. The normalized spacial score (nSPS) is 11.5. The molecule has 2 heterocycles. The molecule has 0 aliphatic rings. The second-order valence-corrected chi connectivity index (χ2v) is 10.5. The molecular formula is C29H32ClFN4O4. The van der Waals surface area contributed by atoms with Gasteiger partial charge in [-0.3, -0.25) is 4.79 Å². The minimum absolute atomic E-state index is 0.298. The van der Waals surface area contributed by atoms with E-state index in [0.717, 1.165) is 16.7 Å². The molecule has 0 fully saturated rings. The summed E-state index contributed by atoms with van der Waals surface area (Å²) in [5, 5.41) is 7.72. The van der Waals surface area contributed by atoms with Gasteiger partial charge in [-0.2, -0.15) is 9.61 Å². The third kappa shape index (κ3) is 6.42. The molecule has 0 aliphatic carbocycles. The van der Waals surface area contributed by atoms with Crippen molar-refractivity contribution in [2.75, 3.05) is 20.8 Å². The van der Waals surface area contributed by atoms with E-state index in [1.54, 1.807) is 20.3 Å². The highest BCUT2D eigenvalue weighted by molar-refractivity contribution is 6.31. The van der Waals surface area contributed by atoms with Crippen LogP contribution in [0.25, 0.3) is 5.65 Å². The van der Waals surface area contributed by atoms with Crippen LogP contribution < -0.4 is 19.5 Å². The van der Waals surface area contributed by atoms with Gasteiger partial charge in [0.2, 0.25) is 5.88 Å². The van der Waals surface area contributed by atoms with Crippen LogP contribution in [0.1, 0.15) is 53.5 Å². The van der Waals surface area contributed by atoms with Gasteiger partial charge in [-0.15, -0.1) is 0 Å². The number of hydrogen-bond donors (Lipinski definition) is 1. The van der Waals surface area contributed by atoms with Crippen LogP contribution in [-0.2, 0) is 12.8 Å². The first-order valence-electron chi connectivity index (χ1n) is 12.5. The van der Waals surface area contributed by atoms with Crippen molar-refractivity contribution in [1.82, 2.24) is 19.9 Å². The predicted molar refractivity (Wildman–Crippen MR) is 148 cm³/mol. The fourth-order valence-electron chi connectivity index (χ4n) is 4.17. The lowest BCUT2D eigenvalue weighted by molar-refractivity contribution is 0.0955. The summed E-state index contributed by atoms with van der Waals surface area (Å²) >= 11 is 6.32. The Balaban J connectivity index is 1.61. The number of methoxy groups -OCH3 is 2. The van der Waals surface area contributed by atoms with Crippen molar-refractivity contribution in [2.45, 2.75) is 46.1 Å². The Hall–Kier alpha value is -3.85. The maximum absolute atomic E-state index is 13.6. The molecule has 0 saturated carbocycles. The molecule has 0 radical (unpaired) electrons. The zero-order valence-electron chi connectivity index (χ0n) is 22.9. The monoisotopic (exact) mass is 554 g/mol. The number of hydrogen-bond acceptors (Lipinski definition) is 6. The SMILES string of the molecule is COc1ccc(CCNC(=O)c2cnn3c(OC(C)(C)C)c(Cc4ccc(F)cc4Cl)c(C)nc23)cc1OC. The van der Waals surface area contributed by atoms with Crippen LogP contribution in [-0.4, -0.2) is 46.9 Å². The number of halogens is 2. The molecule has 8 nitrogen and oxygen atoms in total. The number of ether oxygens (including phenoxy) is 3. The third-order valence-corrected chi connectivity index (χ3v) is 6.43. The molecule has 1 N–H and O–H groups in total. The highest BCUT2D eigenvalue weighted by Crippen LogP contribution is 2.32. The van der Waals surface area contributed by atoms with Crippen molar-refractivity contribution in [3.8, 4) is 17.4 Å². The quantitative estimate of drug-likeness (QED) is 0.290. The largest absolute Gasteiger partial charge is 0.493 e. The molecule has 0 unspecified atom stereocenters. The van der Waals surface area contributed by atoms with Crippen molar-refractivity contribution in [3.05, 3.63) is 81.4 Å². The van der Waals surface area contributed by atoms with Crippen LogP contribution in [0.5, 0.6) is 17.4 Å². The predicted octanol–water partition coefficient (Wildman–Crippen LogP) is 5.59. The minimum atomic E-state index is -0.560. The van der Waals surface area contributed by atoms with Gasteiger partial charge in [-0.05, 0) is 69.5 Å². The van der Waals surface area contributed by atoms with Crippen LogP contribution in [0, 0.1) is 12.7 Å². The number of aryl methyl sites for hydroxylation is 1. The van der Waals surface area contributed by atoms with Crippen molar-refractivity contribution < 1.29 is 23.4 Å². The molecule has 1 amide bonds. The molecule has 0 atom stereocenters. The van der Waals surface area contributed by atoms with Gasteiger partial charge >= 0.3 is 0 Å². The number of nitrogens with one attached hydrogen (secondary N) is 1. The summed E-state index contributed by atoms with van der Waals surface area (Å²) in [5.74, 6) is 1.03. The third-order valence-electron chi connectivity index (χ3n) is 6.08. The number of aromatic nitrogens is 3. The molecular weight excluding hydrogens is 523 g/mol. The Morgan fingerprint density at radius 3 is 2.51 bits per heavy atom. The second kappa shape index (κ2) is 11.5. The minimum Gasteiger partial charge on any atom is -0.493 e. The van der Waals surface area contributed by atoms with Gasteiger partial charge in [0, 0.05) is 29.2 Å². The first-order chi connectivity index (χ1) is 18.5. The number of nitrogens with zero attached hydrogens (tertiary/aromatic N) is 3. The standard InChI is InChI=1S/C29H32ClFN4O4/c1-17-21(14-19-8-9-20(31)15-23(19)30)28(39-29(2,3)4)35-26(34-17)22(16-33-35)27(36)32-12-11-18-7-10-24(37-5)25(13-18)38-6/h7-10,13,15-16H,11-12,14H2,1-6H3,(H,32,36). The van der Waals surface area contributed by atoms with E-state index >= 15 is 0 Å². The van der Waals surface area contributed by atoms with E-state index in [2.05, 4.69) is 10.4 Å². The van der Waals surface area contributed by atoms with Gasteiger partial charge in [0.15, 0.2) is 17.1 Å². The molecule has 39 heavy (non-hydrogen) atoms. The number of carbonyl (C=O) groups is 1. The maximum atomic E-state index is 13.6. The van der Waals surface area contributed by atoms with Crippen molar-refractivity contribution >= 4 is 23.2 Å². The highest BCUT2D eigenvalue weighted by atomic mass is 35.5. The Morgan fingerprint density at radius 1 is 1.10 bits per heavy atom. The molecule has 4 rings (SSSR count). The molecule has 2 aromatic carbocycles. The molecule has 206 valence electrons. The molecule has 0 bridgehead atoms. The first-order valence-corrected chi connectivity index (χ1v) is 12.9. The number of carbonyl (C=O) groups excluding carboxylic acids is 1. The van der Waals surface area contributed by atoms with Gasteiger partial charge < -0.3 is 19.5 Å². The molecule has 0 aliphatic heterocycles. The summed E-state index contributed by atoms with van der Waals surface area (Å²) in [4.78, 5) is 17.9. The molecule has 0 saturated heterocycles. The smallest absolute Gasteiger partial charge is 0.256 e. The summed E-state index contributed by atoms with van der Waals surface area (Å²) < 4.78 is 32.1. The topological polar surface area (TPSA) is 87.0 Å². The van der Waals surface area contributed by atoms with Gasteiger partial charge in [-0.1, -0.05) is 23.7 Å². The summed E-state index contributed by atoms with van der Waals surface area (Å²) in [6, 6.07) is 9.94. The highest BCUT2D eigenvalue weighted by Gasteiger charge is 2.25. The molecule has 2 aromatic heterocycles. The number of rotatable bonds is 9. The van der Waals surface area contributed by atoms with Crippen LogP contribution in [0.15, 0.2) is 42.6 Å². The zero-order valence-corrected chi connectivity index (χ0v) is 23.6. The maximum Gasteiger partial charge on any atom is 0.256 e. The molecule has 4 aromatic rings. The second-order valence-electron chi connectivity index (χ2n) is 10.1. The van der Waals surface area contributed by atoms with E-state index < -0.39 is 11.4 Å². The van der Waals surface area contributed by atoms with Gasteiger partial charge in [0.1, 0.15) is 17.0 Å². The lowest BCUT2D eigenvalue weighted by Crippen LogP contribution is -2.27. The van der Waals surface area contributed by atoms with E-state index in [1.807, 2.05) is 45.9 Å². The van der Waals surface area contributed by atoms with E-state index in [1.165, 1.54) is 22.8 Å². The first kappa shape index (κ1) is 28.2. The van der Waals surface area contributed by atoms with Crippen LogP contribution in [0.4, 0.5) is 4.39 Å². The average Bonchev–Trinajstić information content (AvgIpc) is 3.30. The van der Waals surface area contributed by atoms with E-state index in [4.69, 9.17) is 30.8 Å². The lowest BCUT2D eigenvalue weighted by atomic mass is 10.0. The lowest BCUT2D eigenvalue weighted by Gasteiger charge is -2.24. The number of benzene rings is 2.